The molecule has 0 aromatic carbocycles. The van der Waals surface area contributed by atoms with Crippen LogP contribution in [0.2, 0.25) is 0 Å². The molecule has 0 aliphatic carbocycles. The van der Waals surface area contributed by atoms with Crippen LogP contribution in [0.15, 0.2) is 12.4 Å². The van der Waals surface area contributed by atoms with Crippen LogP contribution in [0.4, 0.5) is 5.95 Å². The highest BCUT2D eigenvalue weighted by molar-refractivity contribution is 7.99. The largest absolute Gasteiger partial charge is 0.491 e. The Morgan fingerprint density at radius 1 is 1.20 bits per heavy atom. The maximum Gasteiger partial charge on any atom is 0.491 e. The second-order valence-electron chi connectivity index (χ2n) is 3.29. The lowest BCUT2D eigenvalue weighted by Crippen LogP contribution is -2.36. The number of aromatic nitrogens is 2. The Morgan fingerprint density at radius 3 is 2.33 bits per heavy atom. The van der Waals surface area contributed by atoms with Crippen LogP contribution >= 0.6 is 11.8 Å². The van der Waals surface area contributed by atoms with Crippen LogP contribution in [0.1, 0.15) is 0 Å². The van der Waals surface area contributed by atoms with Crippen molar-refractivity contribution in [2.75, 3.05) is 29.5 Å². The SMILES string of the molecule is OB(O)c1cnc(N2CCSCC2)nc1. The second-order valence-corrected chi connectivity index (χ2v) is 4.51. The molecule has 1 aromatic heterocycles. The maximum absolute atomic E-state index is 8.88. The lowest BCUT2D eigenvalue weighted by atomic mass is 9.83. The summed E-state index contributed by atoms with van der Waals surface area (Å²) in [4.78, 5) is 10.3. The third-order valence-electron chi connectivity index (χ3n) is 2.25. The molecule has 7 heteroatoms. The maximum atomic E-state index is 8.88. The molecule has 1 saturated heterocycles. The molecule has 0 radical (unpaired) electrons. The van der Waals surface area contributed by atoms with E-state index >= 15 is 0 Å². The van der Waals surface area contributed by atoms with Crippen LogP contribution in [-0.2, 0) is 0 Å². The average Bonchev–Trinajstić information content (AvgIpc) is 2.30. The fraction of sp³-hybridized carbons (Fsp3) is 0.500. The van der Waals surface area contributed by atoms with Gasteiger partial charge in [-0.25, -0.2) is 9.97 Å². The molecule has 1 aliphatic rings. The number of thioether (sulfide) groups is 1. The standard InChI is InChI=1S/C8H12BN3O2S/c13-9(14)7-5-10-8(11-6-7)12-1-3-15-4-2-12/h5-6,13-14H,1-4H2. The first-order valence-corrected chi connectivity index (χ1v) is 5.93. The minimum absolute atomic E-state index is 0.324. The number of hydrogen-bond acceptors (Lipinski definition) is 6. The molecular weight excluding hydrogens is 213 g/mol. The van der Waals surface area contributed by atoms with Crippen LogP contribution in [0.3, 0.4) is 0 Å². The van der Waals surface area contributed by atoms with Gasteiger partial charge >= 0.3 is 7.12 Å². The van der Waals surface area contributed by atoms with E-state index in [0.717, 1.165) is 24.6 Å². The van der Waals surface area contributed by atoms with E-state index in [4.69, 9.17) is 10.0 Å². The van der Waals surface area contributed by atoms with Gasteiger partial charge in [-0.3, -0.25) is 0 Å². The third kappa shape index (κ3) is 2.61. The molecule has 15 heavy (non-hydrogen) atoms. The van der Waals surface area contributed by atoms with E-state index in [9.17, 15) is 0 Å². The van der Waals surface area contributed by atoms with Gasteiger partial charge in [0.05, 0.1) is 0 Å². The van der Waals surface area contributed by atoms with Crippen LogP contribution in [0, 0.1) is 0 Å². The van der Waals surface area contributed by atoms with Gasteiger partial charge < -0.3 is 14.9 Å². The van der Waals surface area contributed by atoms with Gasteiger partial charge in [0.2, 0.25) is 5.95 Å². The van der Waals surface area contributed by atoms with Crippen molar-refractivity contribution >= 4 is 30.3 Å². The van der Waals surface area contributed by atoms with Crippen molar-refractivity contribution in [3.63, 3.8) is 0 Å². The minimum Gasteiger partial charge on any atom is -0.423 e. The smallest absolute Gasteiger partial charge is 0.423 e. The highest BCUT2D eigenvalue weighted by Gasteiger charge is 2.16. The van der Waals surface area contributed by atoms with Crippen molar-refractivity contribution in [1.29, 1.82) is 0 Å². The van der Waals surface area contributed by atoms with Crippen molar-refractivity contribution < 1.29 is 10.0 Å². The average molecular weight is 225 g/mol. The molecule has 1 aromatic rings. The molecule has 2 heterocycles. The zero-order chi connectivity index (χ0) is 10.7. The lowest BCUT2D eigenvalue weighted by Gasteiger charge is -2.26. The van der Waals surface area contributed by atoms with Crippen molar-refractivity contribution in [2.45, 2.75) is 0 Å². The number of rotatable bonds is 2. The zero-order valence-corrected chi connectivity index (χ0v) is 9.02. The van der Waals surface area contributed by atoms with Gasteiger partial charge in [0.25, 0.3) is 0 Å². The summed E-state index contributed by atoms with van der Waals surface area (Å²) in [5.74, 6) is 2.85. The Balaban J connectivity index is 2.08. The first kappa shape index (κ1) is 10.7. The minimum atomic E-state index is -1.49. The van der Waals surface area contributed by atoms with E-state index in [0.29, 0.717) is 11.4 Å². The Morgan fingerprint density at radius 2 is 1.80 bits per heavy atom. The molecule has 1 aliphatic heterocycles. The molecule has 80 valence electrons. The lowest BCUT2D eigenvalue weighted by molar-refractivity contribution is 0.425. The molecule has 1 fully saturated rings. The Kier molecular flexibility index (Phi) is 3.45. The third-order valence-corrected chi connectivity index (χ3v) is 3.19. The van der Waals surface area contributed by atoms with E-state index in [1.807, 2.05) is 11.8 Å². The van der Waals surface area contributed by atoms with Crippen LogP contribution in [0.25, 0.3) is 0 Å². The molecule has 2 rings (SSSR count). The van der Waals surface area contributed by atoms with Gasteiger partial charge in [-0.15, -0.1) is 0 Å². The highest BCUT2D eigenvalue weighted by atomic mass is 32.2. The molecule has 0 atom stereocenters. The van der Waals surface area contributed by atoms with Crippen molar-refractivity contribution in [3.8, 4) is 0 Å². The summed E-state index contributed by atoms with van der Waals surface area (Å²) in [6.45, 7) is 1.90. The Labute approximate surface area is 92.7 Å². The van der Waals surface area contributed by atoms with Gasteiger partial charge in [0.1, 0.15) is 0 Å². The van der Waals surface area contributed by atoms with Gasteiger partial charge in [-0.05, 0) is 0 Å². The number of nitrogens with zero attached hydrogens (tertiary/aromatic N) is 3. The molecule has 0 bridgehead atoms. The van der Waals surface area contributed by atoms with Gasteiger partial charge in [-0.1, -0.05) is 0 Å². The molecule has 0 saturated carbocycles. The second kappa shape index (κ2) is 4.83. The summed E-state index contributed by atoms with van der Waals surface area (Å²) in [5.41, 5.74) is 0.324. The molecule has 5 nitrogen and oxygen atoms in total. The first-order valence-electron chi connectivity index (χ1n) is 4.78. The predicted molar refractivity (Wildman–Crippen MR) is 61.4 cm³/mol. The fourth-order valence-electron chi connectivity index (χ4n) is 1.39. The summed E-state index contributed by atoms with van der Waals surface area (Å²) >= 11 is 1.92. The quantitative estimate of drug-likeness (QED) is 0.610. The number of hydrogen-bond donors (Lipinski definition) is 2. The van der Waals surface area contributed by atoms with Gasteiger partial charge in [0.15, 0.2) is 0 Å². The summed E-state index contributed by atoms with van der Waals surface area (Å²) in [6.07, 6.45) is 2.91. The van der Waals surface area contributed by atoms with E-state index in [2.05, 4.69) is 14.9 Å². The molecule has 0 unspecified atom stereocenters. The normalized spacial score (nSPS) is 16.5. The van der Waals surface area contributed by atoms with Gasteiger partial charge in [0, 0.05) is 42.5 Å². The monoisotopic (exact) mass is 225 g/mol. The van der Waals surface area contributed by atoms with Crippen molar-refractivity contribution in [2.24, 2.45) is 0 Å². The van der Waals surface area contributed by atoms with Crippen LogP contribution in [-0.4, -0.2) is 51.7 Å². The Hall–Kier alpha value is -0.785. The highest BCUT2D eigenvalue weighted by Crippen LogP contribution is 2.13. The van der Waals surface area contributed by atoms with Crippen LogP contribution < -0.4 is 10.4 Å². The van der Waals surface area contributed by atoms with E-state index in [-0.39, 0.29) is 0 Å². The molecule has 0 amide bonds. The summed E-state index contributed by atoms with van der Waals surface area (Å²) in [7, 11) is -1.49. The summed E-state index contributed by atoms with van der Waals surface area (Å²) in [5, 5.41) is 17.8. The summed E-state index contributed by atoms with van der Waals surface area (Å²) in [6, 6.07) is 0. The van der Waals surface area contributed by atoms with E-state index < -0.39 is 7.12 Å². The molecule has 0 spiro atoms. The summed E-state index contributed by atoms with van der Waals surface area (Å²) < 4.78 is 0. The van der Waals surface area contributed by atoms with Gasteiger partial charge in [-0.2, -0.15) is 11.8 Å². The predicted octanol–water partition coefficient (Wildman–Crippen LogP) is -1.29. The topological polar surface area (TPSA) is 69.5 Å². The van der Waals surface area contributed by atoms with Crippen molar-refractivity contribution in [1.82, 2.24) is 9.97 Å². The van der Waals surface area contributed by atoms with Crippen LogP contribution in [0.5, 0.6) is 0 Å². The zero-order valence-electron chi connectivity index (χ0n) is 8.20. The number of anilines is 1. The van der Waals surface area contributed by atoms with E-state index in [1.54, 1.807) is 0 Å². The molecular formula is C8H12BN3O2S. The van der Waals surface area contributed by atoms with E-state index in [1.165, 1.54) is 12.4 Å². The fourth-order valence-corrected chi connectivity index (χ4v) is 2.29. The molecule has 2 N–H and O–H groups in total. The first-order chi connectivity index (χ1) is 7.27. The Bertz CT molecular complexity index is 316. The van der Waals surface area contributed by atoms with Crippen molar-refractivity contribution in [3.05, 3.63) is 12.4 Å².